The summed E-state index contributed by atoms with van der Waals surface area (Å²) in [5.74, 6) is -2.33. The molecule has 0 aliphatic carbocycles. The van der Waals surface area contributed by atoms with Gasteiger partial charge >= 0.3 is 0 Å². The molecule has 9 N–H and O–H groups in total. The van der Waals surface area contributed by atoms with Crippen LogP contribution in [0.3, 0.4) is 0 Å². The molecule has 1 unspecified atom stereocenters. The predicted octanol–water partition coefficient (Wildman–Crippen LogP) is -4.79. The number of rotatable bonds is 19. The summed E-state index contributed by atoms with van der Waals surface area (Å²) >= 11 is 0. The van der Waals surface area contributed by atoms with Crippen molar-refractivity contribution in [1.82, 2.24) is 20.9 Å². The maximum absolute atomic E-state index is 13.5. The zero-order valence-electron chi connectivity index (χ0n) is 29.4. The normalized spacial score (nSPS) is 33.3. The van der Waals surface area contributed by atoms with E-state index in [2.05, 4.69) is 27.7 Å². The highest BCUT2D eigenvalue weighted by molar-refractivity contribution is 5.94. The SMILES string of the molecule is C=NCC(=O)CNC(=O)CCCCC(=O)N1C(C(=O)NCCO[C@@H]2O[C@@H](C)[C@@H](O)[C@@H](O)[C@@H]2O)CC[C@H]1C(=O)NCCO[C@@H]1O[C@@H](C)[C@@H](O)[C@@H](O)[C@@H]1O. The van der Waals surface area contributed by atoms with Crippen molar-refractivity contribution in [3.63, 3.8) is 0 Å². The van der Waals surface area contributed by atoms with Gasteiger partial charge in [0.2, 0.25) is 23.6 Å². The summed E-state index contributed by atoms with van der Waals surface area (Å²) < 4.78 is 21.7. The van der Waals surface area contributed by atoms with Gasteiger partial charge in [0.15, 0.2) is 18.4 Å². The van der Waals surface area contributed by atoms with Gasteiger partial charge < -0.3 is 70.4 Å². The van der Waals surface area contributed by atoms with Crippen LogP contribution >= 0.6 is 0 Å². The van der Waals surface area contributed by atoms with E-state index < -0.39 is 91.2 Å². The Labute approximate surface area is 300 Å². The number of likely N-dealkylation sites (tertiary alicyclic amines) is 1. The molecule has 0 aromatic heterocycles. The molecule has 3 fully saturated rings. The van der Waals surface area contributed by atoms with E-state index in [0.717, 1.165) is 0 Å². The number of carbonyl (C=O) groups excluding carboxylic acids is 5. The summed E-state index contributed by atoms with van der Waals surface area (Å²) in [5.41, 5.74) is 0. The molecular formula is C32H53N5O15. The fourth-order valence-corrected chi connectivity index (χ4v) is 6.07. The molecular weight excluding hydrogens is 694 g/mol. The Hall–Kier alpha value is -3.18. The summed E-state index contributed by atoms with van der Waals surface area (Å²) in [7, 11) is 0. The van der Waals surface area contributed by atoms with Crippen LogP contribution in [-0.4, -0.2) is 185 Å². The second kappa shape index (κ2) is 20.9. The van der Waals surface area contributed by atoms with E-state index in [1.165, 1.54) is 18.7 Å². The molecule has 12 atom stereocenters. The molecule has 0 aromatic rings. The smallest absolute Gasteiger partial charge is 0.242 e. The molecule has 0 spiro atoms. The Bertz CT molecular complexity index is 1170. The predicted molar refractivity (Wildman–Crippen MR) is 177 cm³/mol. The fourth-order valence-electron chi connectivity index (χ4n) is 6.07. The molecule has 3 heterocycles. The highest BCUT2D eigenvalue weighted by Crippen LogP contribution is 2.27. The number of aliphatic imine (C=N–C) groups is 1. The number of hydrogen-bond donors (Lipinski definition) is 9. The monoisotopic (exact) mass is 747 g/mol. The summed E-state index contributed by atoms with van der Waals surface area (Å²) in [4.78, 5) is 68.4. The third-order valence-corrected chi connectivity index (χ3v) is 9.08. The molecule has 20 nitrogen and oxygen atoms in total. The molecule has 20 heteroatoms. The largest absolute Gasteiger partial charge is 0.388 e. The van der Waals surface area contributed by atoms with Crippen LogP contribution in [0.5, 0.6) is 0 Å². The van der Waals surface area contributed by atoms with Crippen molar-refractivity contribution in [3.05, 3.63) is 0 Å². The van der Waals surface area contributed by atoms with E-state index in [4.69, 9.17) is 18.9 Å². The number of unbranched alkanes of at least 4 members (excludes halogenated alkanes) is 1. The van der Waals surface area contributed by atoms with Gasteiger partial charge in [-0.15, -0.1) is 0 Å². The minimum atomic E-state index is -1.53. The first-order valence-electron chi connectivity index (χ1n) is 17.4. The van der Waals surface area contributed by atoms with Crippen molar-refractivity contribution in [1.29, 1.82) is 0 Å². The van der Waals surface area contributed by atoms with E-state index in [1.54, 1.807) is 0 Å². The maximum Gasteiger partial charge on any atom is 0.242 e. The molecule has 0 aromatic carbocycles. The number of ether oxygens (including phenoxy) is 4. The van der Waals surface area contributed by atoms with Crippen LogP contribution in [0.2, 0.25) is 0 Å². The maximum atomic E-state index is 13.5. The zero-order chi connectivity index (χ0) is 38.5. The Morgan fingerprint density at radius 3 is 1.63 bits per heavy atom. The van der Waals surface area contributed by atoms with Crippen LogP contribution in [-0.2, 0) is 42.9 Å². The standard InChI is InChI=1S/C32H53N5O15/c1-16-23(41)25(43)27(45)31(51-16)49-12-10-34-29(47)19-8-9-20(30(48)35-11-13-50-32-28(46)26(44)24(42)17(2)52-32)37(19)22(40)7-5-4-6-21(39)36-15-18(38)14-33-3/h16-17,19-20,23-28,31-32,41-46H,3-15H2,1-2H3,(H,34,47)(H,35,48)(H,36,39)/t16-,17-,19-,20?,23+,24+,25+,26+,27-,28-,31+,32+/m0/s1. The molecule has 3 rings (SSSR count). The first kappa shape index (κ1) is 43.2. The lowest BCUT2D eigenvalue weighted by Crippen LogP contribution is -2.57. The Morgan fingerprint density at radius 2 is 1.17 bits per heavy atom. The van der Waals surface area contributed by atoms with Gasteiger partial charge in [0, 0.05) is 25.9 Å². The van der Waals surface area contributed by atoms with Crippen LogP contribution < -0.4 is 16.0 Å². The van der Waals surface area contributed by atoms with Crippen LogP contribution in [0.4, 0.5) is 0 Å². The number of amides is 4. The quantitative estimate of drug-likeness (QED) is 0.0443. The fraction of sp³-hybridized carbons (Fsp3) is 0.812. The Kier molecular flexibility index (Phi) is 17.4. The number of nitrogens with zero attached hydrogens (tertiary/aromatic N) is 2. The average Bonchev–Trinajstić information content (AvgIpc) is 3.57. The van der Waals surface area contributed by atoms with Crippen LogP contribution in [0, 0.1) is 0 Å². The third-order valence-electron chi connectivity index (χ3n) is 9.08. The van der Waals surface area contributed by atoms with Gasteiger partial charge in [0.1, 0.15) is 48.7 Å². The zero-order valence-corrected chi connectivity index (χ0v) is 29.4. The second-order valence-electron chi connectivity index (χ2n) is 13.0. The first-order valence-corrected chi connectivity index (χ1v) is 17.4. The number of aliphatic hydroxyl groups excluding tert-OH is 6. The van der Waals surface area contributed by atoms with E-state index in [0.29, 0.717) is 6.42 Å². The third kappa shape index (κ3) is 11.9. The molecule has 3 saturated heterocycles. The molecule has 0 saturated carbocycles. The number of Topliss-reactive ketones (excluding diaryl/α,β-unsaturated/α-hetero) is 1. The summed E-state index contributed by atoms with van der Waals surface area (Å²) in [6.45, 7) is 5.45. The molecule has 4 amide bonds. The van der Waals surface area contributed by atoms with Gasteiger partial charge in [-0.3, -0.25) is 29.0 Å². The Balaban J connectivity index is 1.54. The lowest BCUT2D eigenvalue weighted by atomic mass is 10.0. The average molecular weight is 748 g/mol. The van der Waals surface area contributed by atoms with E-state index in [1.807, 2.05) is 0 Å². The van der Waals surface area contributed by atoms with Crippen molar-refractivity contribution in [2.45, 2.75) is 126 Å². The number of aliphatic hydroxyl groups is 6. The number of hydrogen-bond acceptors (Lipinski definition) is 16. The number of nitrogens with one attached hydrogen (secondary N) is 3. The van der Waals surface area contributed by atoms with E-state index in [-0.39, 0.29) is 83.2 Å². The van der Waals surface area contributed by atoms with Crippen molar-refractivity contribution in [2.24, 2.45) is 4.99 Å². The van der Waals surface area contributed by atoms with E-state index in [9.17, 15) is 54.6 Å². The minimum Gasteiger partial charge on any atom is -0.388 e. The van der Waals surface area contributed by atoms with Gasteiger partial charge in [-0.25, -0.2) is 0 Å². The van der Waals surface area contributed by atoms with Gasteiger partial charge in [0.05, 0.1) is 38.5 Å². The van der Waals surface area contributed by atoms with Crippen molar-refractivity contribution >= 4 is 36.1 Å². The topological polar surface area (TPSA) is 295 Å². The van der Waals surface area contributed by atoms with Crippen LogP contribution in [0.1, 0.15) is 52.4 Å². The van der Waals surface area contributed by atoms with Crippen molar-refractivity contribution in [3.8, 4) is 0 Å². The van der Waals surface area contributed by atoms with Crippen molar-refractivity contribution in [2.75, 3.05) is 39.4 Å². The lowest BCUT2D eigenvalue weighted by Gasteiger charge is -2.39. The molecule has 3 aliphatic rings. The lowest BCUT2D eigenvalue weighted by molar-refractivity contribution is -0.292. The molecule has 52 heavy (non-hydrogen) atoms. The molecule has 0 bridgehead atoms. The Morgan fingerprint density at radius 1 is 0.712 bits per heavy atom. The van der Waals surface area contributed by atoms with Crippen LogP contribution in [0.25, 0.3) is 0 Å². The van der Waals surface area contributed by atoms with Gasteiger partial charge in [-0.05, 0) is 46.2 Å². The summed E-state index contributed by atoms with van der Waals surface area (Å²) in [5, 5.41) is 67.7. The van der Waals surface area contributed by atoms with Crippen molar-refractivity contribution < 1.29 is 73.6 Å². The minimum absolute atomic E-state index is 0.0399. The van der Waals surface area contributed by atoms with Gasteiger partial charge in [0.25, 0.3) is 0 Å². The highest BCUT2D eigenvalue weighted by atomic mass is 16.7. The number of carbonyl (C=O) groups is 5. The summed E-state index contributed by atoms with van der Waals surface area (Å²) in [6.07, 6.45) is -12.0. The first-order chi connectivity index (χ1) is 24.7. The molecule has 3 aliphatic heterocycles. The van der Waals surface area contributed by atoms with Gasteiger partial charge in [-0.2, -0.15) is 0 Å². The highest BCUT2D eigenvalue weighted by Gasteiger charge is 2.45. The summed E-state index contributed by atoms with van der Waals surface area (Å²) in [6, 6.07) is -2.05. The van der Waals surface area contributed by atoms with E-state index >= 15 is 0 Å². The molecule has 0 radical (unpaired) electrons. The molecule has 296 valence electrons. The van der Waals surface area contributed by atoms with Crippen LogP contribution in [0.15, 0.2) is 4.99 Å². The second-order valence-corrected chi connectivity index (χ2v) is 13.0. The number of ketones is 1. The van der Waals surface area contributed by atoms with Gasteiger partial charge in [-0.1, -0.05) is 0 Å².